The highest BCUT2D eigenvalue weighted by molar-refractivity contribution is 8.01. The first kappa shape index (κ1) is 23.1. The average molecular weight is 438 g/mol. The van der Waals surface area contributed by atoms with Crippen molar-refractivity contribution < 1.29 is 14.6 Å². The van der Waals surface area contributed by atoms with E-state index in [0.29, 0.717) is 12.8 Å². The smallest absolute Gasteiger partial charge is 0.320 e. The Bertz CT molecular complexity index is 1040. The molecule has 0 amide bonds. The quantitative estimate of drug-likeness (QED) is 0.340. The Morgan fingerprint density at radius 3 is 2.42 bits per heavy atom. The van der Waals surface area contributed by atoms with Gasteiger partial charge in [-0.2, -0.15) is 0 Å². The summed E-state index contributed by atoms with van der Waals surface area (Å²) in [4.78, 5) is 17.8. The van der Waals surface area contributed by atoms with Crippen LogP contribution in [0.15, 0.2) is 59.6 Å². The monoisotopic (exact) mass is 437 g/mol. The number of carboxylic acid groups (broad SMARTS) is 1. The van der Waals surface area contributed by atoms with Gasteiger partial charge >= 0.3 is 5.97 Å². The fraction of sp³-hybridized carbons (Fsp3) is 0.385. The zero-order valence-electron chi connectivity index (χ0n) is 18.7. The average Bonchev–Trinajstić information content (AvgIpc) is 2.73. The van der Waals surface area contributed by atoms with Crippen LogP contribution in [0.1, 0.15) is 53.4 Å². The fourth-order valence-electron chi connectivity index (χ4n) is 3.91. The molecule has 31 heavy (non-hydrogen) atoms. The molecule has 1 N–H and O–H groups in total. The van der Waals surface area contributed by atoms with Gasteiger partial charge in [0.2, 0.25) is 0 Å². The van der Waals surface area contributed by atoms with Gasteiger partial charge in [-0.25, -0.2) is 0 Å². The van der Waals surface area contributed by atoms with Gasteiger partial charge in [-0.1, -0.05) is 44.9 Å². The second-order valence-electron chi connectivity index (χ2n) is 8.14. The standard InChI is InChI=1S/C26H31NO3S/c1-5-13-26(14-6-2,25(28)29)31-24-12-15-27-23-11-10-20(17-22(23)24)19-8-7-9-21(16-19)30-18(3)4/h7-12,15-18H,5-6,13-14H2,1-4H3,(H,28,29). The van der Waals surface area contributed by atoms with Crippen molar-refractivity contribution in [3.05, 3.63) is 54.7 Å². The van der Waals surface area contributed by atoms with E-state index >= 15 is 0 Å². The van der Waals surface area contributed by atoms with Crippen LogP contribution in [0.2, 0.25) is 0 Å². The van der Waals surface area contributed by atoms with E-state index in [2.05, 4.69) is 23.2 Å². The number of rotatable bonds is 10. The predicted octanol–water partition coefficient (Wildman–Crippen LogP) is 7.20. The molecule has 0 atom stereocenters. The first-order valence-corrected chi connectivity index (χ1v) is 11.8. The summed E-state index contributed by atoms with van der Waals surface area (Å²) in [5, 5.41) is 11.1. The van der Waals surface area contributed by atoms with Crippen LogP contribution in [0.4, 0.5) is 0 Å². The Kier molecular flexibility index (Phi) is 7.60. The largest absolute Gasteiger partial charge is 0.491 e. The topological polar surface area (TPSA) is 59.4 Å². The molecule has 3 rings (SSSR count). The van der Waals surface area contributed by atoms with Crippen molar-refractivity contribution in [3.63, 3.8) is 0 Å². The highest BCUT2D eigenvalue weighted by atomic mass is 32.2. The van der Waals surface area contributed by atoms with Crippen molar-refractivity contribution in [2.45, 2.75) is 69.1 Å². The van der Waals surface area contributed by atoms with Crippen LogP contribution in [0.3, 0.4) is 0 Å². The summed E-state index contributed by atoms with van der Waals surface area (Å²) < 4.78 is 5.03. The lowest BCUT2D eigenvalue weighted by Gasteiger charge is -2.28. The van der Waals surface area contributed by atoms with Crippen LogP contribution >= 0.6 is 11.8 Å². The van der Waals surface area contributed by atoms with Crippen molar-refractivity contribution in [2.75, 3.05) is 0 Å². The summed E-state index contributed by atoms with van der Waals surface area (Å²) in [5.41, 5.74) is 2.99. The Labute approximate surface area is 189 Å². The normalized spacial score (nSPS) is 11.8. The Balaban J connectivity index is 2.05. The van der Waals surface area contributed by atoms with E-state index in [0.717, 1.165) is 45.5 Å². The van der Waals surface area contributed by atoms with E-state index in [9.17, 15) is 9.90 Å². The second kappa shape index (κ2) is 10.2. The molecule has 1 heterocycles. The van der Waals surface area contributed by atoms with E-state index in [1.54, 1.807) is 6.20 Å². The van der Waals surface area contributed by atoms with Gasteiger partial charge in [0.15, 0.2) is 0 Å². The lowest BCUT2D eigenvalue weighted by atomic mass is 9.97. The molecule has 0 saturated carbocycles. The van der Waals surface area contributed by atoms with Crippen molar-refractivity contribution >= 4 is 28.6 Å². The zero-order valence-corrected chi connectivity index (χ0v) is 19.5. The lowest BCUT2D eigenvalue weighted by Crippen LogP contribution is -2.34. The third kappa shape index (κ3) is 5.40. The molecule has 5 heteroatoms. The molecule has 0 aliphatic heterocycles. The number of aliphatic carboxylic acids is 1. The number of nitrogens with zero attached hydrogens (tertiary/aromatic N) is 1. The van der Waals surface area contributed by atoms with Gasteiger partial charge in [0, 0.05) is 16.5 Å². The molecule has 0 radical (unpaired) electrons. The van der Waals surface area contributed by atoms with Crippen LogP contribution < -0.4 is 4.74 Å². The number of carbonyl (C=O) groups is 1. The van der Waals surface area contributed by atoms with Crippen molar-refractivity contribution in [3.8, 4) is 16.9 Å². The van der Waals surface area contributed by atoms with Gasteiger partial charge in [0.1, 0.15) is 10.5 Å². The molecule has 1 aromatic heterocycles. The van der Waals surface area contributed by atoms with Gasteiger partial charge in [-0.05, 0) is 68.1 Å². The van der Waals surface area contributed by atoms with Crippen LogP contribution in [0.5, 0.6) is 5.75 Å². The Morgan fingerprint density at radius 2 is 1.77 bits per heavy atom. The van der Waals surface area contributed by atoms with Gasteiger partial charge in [0.05, 0.1) is 11.6 Å². The first-order valence-electron chi connectivity index (χ1n) is 11.0. The summed E-state index contributed by atoms with van der Waals surface area (Å²) in [6, 6.07) is 16.2. The minimum Gasteiger partial charge on any atom is -0.491 e. The third-order valence-electron chi connectivity index (χ3n) is 5.24. The number of pyridine rings is 1. The molecule has 4 nitrogen and oxygen atoms in total. The second-order valence-corrected chi connectivity index (χ2v) is 9.56. The Morgan fingerprint density at radius 1 is 1.06 bits per heavy atom. The number of benzene rings is 2. The van der Waals surface area contributed by atoms with Crippen LogP contribution in [-0.2, 0) is 4.79 Å². The van der Waals surface area contributed by atoms with E-state index in [1.807, 2.05) is 58.0 Å². The van der Waals surface area contributed by atoms with Crippen LogP contribution in [-0.4, -0.2) is 26.9 Å². The summed E-state index contributed by atoms with van der Waals surface area (Å²) >= 11 is 1.47. The minimum absolute atomic E-state index is 0.111. The van der Waals surface area contributed by atoms with Crippen LogP contribution in [0, 0.1) is 0 Å². The molecule has 0 aliphatic rings. The molecule has 0 spiro atoms. The number of aromatic nitrogens is 1. The maximum Gasteiger partial charge on any atom is 0.320 e. The summed E-state index contributed by atoms with van der Waals surface area (Å²) in [7, 11) is 0. The summed E-state index contributed by atoms with van der Waals surface area (Å²) in [5.74, 6) is 0.102. The molecular formula is C26H31NO3S. The SMILES string of the molecule is CCCC(CCC)(Sc1ccnc2ccc(-c3cccc(OC(C)C)c3)cc12)C(=O)O. The number of hydrogen-bond donors (Lipinski definition) is 1. The number of ether oxygens (including phenoxy) is 1. The molecule has 0 saturated heterocycles. The van der Waals surface area contributed by atoms with Gasteiger partial charge in [-0.3, -0.25) is 9.78 Å². The van der Waals surface area contributed by atoms with Crippen molar-refractivity contribution in [1.82, 2.24) is 4.98 Å². The van der Waals surface area contributed by atoms with E-state index in [1.165, 1.54) is 11.8 Å². The first-order chi connectivity index (χ1) is 14.9. The fourth-order valence-corrected chi connectivity index (χ4v) is 5.44. The number of hydrogen-bond acceptors (Lipinski definition) is 4. The maximum absolute atomic E-state index is 12.3. The molecule has 164 valence electrons. The highest BCUT2D eigenvalue weighted by Gasteiger charge is 2.38. The van der Waals surface area contributed by atoms with E-state index in [4.69, 9.17) is 4.74 Å². The lowest BCUT2D eigenvalue weighted by molar-refractivity contribution is -0.140. The van der Waals surface area contributed by atoms with Gasteiger partial charge < -0.3 is 9.84 Å². The van der Waals surface area contributed by atoms with Crippen molar-refractivity contribution in [1.29, 1.82) is 0 Å². The molecule has 0 bridgehead atoms. The molecule has 0 aliphatic carbocycles. The predicted molar refractivity (Wildman–Crippen MR) is 129 cm³/mol. The third-order valence-corrected chi connectivity index (χ3v) is 6.79. The molecule has 3 aromatic rings. The minimum atomic E-state index is -0.821. The molecule has 0 unspecified atom stereocenters. The van der Waals surface area contributed by atoms with E-state index < -0.39 is 10.7 Å². The van der Waals surface area contributed by atoms with Gasteiger partial charge in [-0.15, -0.1) is 11.8 Å². The van der Waals surface area contributed by atoms with Crippen LogP contribution in [0.25, 0.3) is 22.0 Å². The molecule has 2 aromatic carbocycles. The number of thioether (sulfide) groups is 1. The molecular weight excluding hydrogens is 406 g/mol. The van der Waals surface area contributed by atoms with E-state index in [-0.39, 0.29) is 6.10 Å². The molecule has 0 fully saturated rings. The maximum atomic E-state index is 12.3. The summed E-state index contributed by atoms with van der Waals surface area (Å²) in [6.45, 7) is 8.12. The zero-order chi connectivity index (χ0) is 22.4. The summed E-state index contributed by atoms with van der Waals surface area (Å²) in [6.07, 6.45) is 4.82. The van der Waals surface area contributed by atoms with Gasteiger partial charge in [0.25, 0.3) is 0 Å². The number of carboxylic acids is 1. The number of fused-ring (bicyclic) bond motifs is 1. The van der Waals surface area contributed by atoms with Crippen molar-refractivity contribution in [2.24, 2.45) is 0 Å². The highest BCUT2D eigenvalue weighted by Crippen LogP contribution is 2.43. The Hall–Kier alpha value is -2.53.